The Morgan fingerprint density at radius 3 is 2.42 bits per heavy atom. The molecule has 2 atom stereocenters. The van der Waals surface area contributed by atoms with Crippen LogP contribution in [0, 0.1) is 0 Å². The largest absolute Gasteiger partial charge is 0.463 e. The molecule has 0 aromatic rings. The molecule has 110 valence electrons. The normalized spacial score (nSPS) is 23.8. The van der Waals surface area contributed by atoms with Crippen LogP contribution in [-0.4, -0.2) is 36.4 Å². The average Bonchev–Trinajstić information content (AvgIpc) is 2.24. The lowest BCUT2D eigenvalue weighted by Gasteiger charge is -2.30. The molecule has 2 unspecified atom stereocenters. The molecule has 1 fully saturated rings. The summed E-state index contributed by atoms with van der Waals surface area (Å²) >= 11 is 0. The number of hydrogen-bond donors (Lipinski definition) is 0. The van der Waals surface area contributed by atoms with Crippen molar-refractivity contribution in [2.24, 2.45) is 0 Å². The van der Waals surface area contributed by atoms with Gasteiger partial charge in [-0.25, -0.2) is 0 Å². The van der Waals surface area contributed by atoms with E-state index in [0.29, 0.717) is 0 Å². The Labute approximate surface area is 114 Å². The first kappa shape index (κ1) is 16.0. The van der Waals surface area contributed by atoms with Gasteiger partial charge in [-0.3, -0.25) is 9.59 Å². The van der Waals surface area contributed by atoms with Crippen molar-refractivity contribution in [2.45, 2.75) is 71.2 Å². The van der Waals surface area contributed by atoms with E-state index >= 15 is 0 Å². The van der Waals surface area contributed by atoms with Crippen molar-refractivity contribution < 1.29 is 23.8 Å². The smallest absolute Gasteiger partial charge is 0.308 e. The quantitative estimate of drug-likeness (QED) is 0.734. The van der Waals surface area contributed by atoms with E-state index in [-0.39, 0.29) is 37.2 Å². The van der Waals surface area contributed by atoms with E-state index in [2.05, 4.69) is 0 Å². The number of esters is 2. The first-order chi connectivity index (χ1) is 8.76. The van der Waals surface area contributed by atoms with Gasteiger partial charge in [-0.15, -0.1) is 0 Å². The molecule has 0 spiro atoms. The van der Waals surface area contributed by atoms with Crippen LogP contribution in [0.3, 0.4) is 0 Å². The van der Waals surface area contributed by atoms with Crippen LogP contribution in [0.4, 0.5) is 0 Å². The van der Waals surface area contributed by atoms with Crippen LogP contribution in [0.5, 0.6) is 0 Å². The van der Waals surface area contributed by atoms with E-state index in [1.807, 2.05) is 20.8 Å². The third-order valence-electron chi connectivity index (χ3n) is 2.72. The fourth-order valence-electron chi connectivity index (χ4n) is 2.03. The van der Waals surface area contributed by atoms with Gasteiger partial charge in [-0.1, -0.05) is 0 Å². The van der Waals surface area contributed by atoms with E-state index < -0.39 is 5.60 Å². The van der Waals surface area contributed by atoms with Gasteiger partial charge in [0.1, 0.15) is 12.2 Å². The number of ether oxygens (including phenoxy) is 3. The fourth-order valence-corrected chi connectivity index (χ4v) is 2.03. The minimum absolute atomic E-state index is 0.106. The van der Waals surface area contributed by atoms with E-state index in [9.17, 15) is 9.59 Å². The highest BCUT2D eigenvalue weighted by Gasteiger charge is 2.27. The third-order valence-corrected chi connectivity index (χ3v) is 2.72. The van der Waals surface area contributed by atoms with Gasteiger partial charge in [-0.05, 0) is 40.0 Å². The predicted molar refractivity (Wildman–Crippen MR) is 69.6 cm³/mol. The highest BCUT2D eigenvalue weighted by Crippen LogP contribution is 2.22. The van der Waals surface area contributed by atoms with Gasteiger partial charge in [0.15, 0.2) is 0 Å². The fraction of sp³-hybridized carbons (Fsp3) is 0.857. The maximum atomic E-state index is 11.7. The number of carbonyl (C=O) groups excluding carboxylic acids is 2. The summed E-state index contributed by atoms with van der Waals surface area (Å²) in [6, 6.07) is 0. The van der Waals surface area contributed by atoms with Crippen molar-refractivity contribution >= 4 is 11.9 Å². The first-order valence-electron chi connectivity index (χ1n) is 6.77. The molecular weight excluding hydrogens is 248 g/mol. The molecular formula is C14H24O5. The highest BCUT2D eigenvalue weighted by atomic mass is 16.6. The molecule has 0 aliphatic carbocycles. The summed E-state index contributed by atoms with van der Waals surface area (Å²) in [5.41, 5.74) is -0.469. The van der Waals surface area contributed by atoms with E-state index in [4.69, 9.17) is 14.2 Å². The Hall–Kier alpha value is -1.10. The molecule has 1 heterocycles. The number of rotatable bonds is 4. The summed E-state index contributed by atoms with van der Waals surface area (Å²) in [6.45, 7) is 7.17. The first-order valence-corrected chi connectivity index (χ1v) is 6.77. The molecule has 0 N–H and O–H groups in total. The van der Waals surface area contributed by atoms with Crippen molar-refractivity contribution in [3.05, 3.63) is 0 Å². The molecule has 1 saturated heterocycles. The Kier molecular flexibility index (Phi) is 5.79. The van der Waals surface area contributed by atoms with Gasteiger partial charge in [0.05, 0.1) is 18.6 Å². The second-order valence-electron chi connectivity index (χ2n) is 5.90. The van der Waals surface area contributed by atoms with Crippen LogP contribution in [0.1, 0.15) is 53.4 Å². The summed E-state index contributed by atoms with van der Waals surface area (Å²) in [7, 11) is 0. The summed E-state index contributed by atoms with van der Waals surface area (Å²) < 4.78 is 15.9. The van der Waals surface area contributed by atoms with Crippen molar-refractivity contribution in [3.8, 4) is 0 Å². The molecule has 0 amide bonds. The lowest BCUT2D eigenvalue weighted by Crippen LogP contribution is -2.34. The molecule has 1 rings (SSSR count). The highest BCUT2D eigenvalue weighted by molar-refractivity contribution is 5.70. The zero-order chi connectivity index (χ0) is 14.5. The van der Waals surface area contributed by atoms with Crippen LogP contribution in [0.2, 0.25) is 0 Å². The SMILES string of the molecule is CC(=O)OCC1CCCC(CC(=O)OC(C)(C)C)O1. The molecule has 19 heavy (non-hydrogen) atoms. The van der Waals surface area contributed by atoms with Gasteiger partial charge in [-0.2, -0.15) is 0 Å². The summed E-state index contributed by atoms with van der Waals surface area (Å²) in [5, 5.41) is 0. The predicted octanol–water partition coefficient (Wildman–Crippen LogP) is 2.22. The van der Waals surface area contributed by atoms with Crippen molar-refractivity contribution in [1.29, 1.82) is 0 Å². The Bertz CT molecular complexity index is 318. The molecule has 5 heteroatoms. The van der Waals surface area contributed by atoms with Gasteiger partial charge in [0, 0.05) is 6.92 Å². The van der Waals surface area contributed by atoms with Crippen molar-refractivity contribution in [2.75, 3.05) is 6.61 Å². The summed E-state index contributed by atoms with van der Waals surface area (Å²) in [4.78, 5) is 22.5. The van der Waals surface area contributed by atoms with E-state index in [1.165, 1.54) is 6.92 Å². The molecule has 0 saturated carbocycles. The molecule has 0 bridgehead atoms. The van der Waals surface area contributed by atoms with Crippen molar-refractivity contribution in [1.82, 2.24) is 0 Å². The Balaban J connectivity index is 2.34. The molecule has 1 aliphatic rings. The second-order valence-corrected chi connectivity index (χ2v) is 5.90. The Morgan fingerprint density at radius 2 is 1.84 bits per heavy atom. The van der Waals surface area contributed by atoms with Crippen LogP contribution in [0.25, 0.3) is 0 Å². The molecule has 0 radical (unpaired) electrons. The maximum absolute atomic E-state index is 11.7. The minimum atomic E-state index is -0.469. The van der Waals surface area contributed by atoms with Gasteiger partial charge in [0.2, 0.25) is 0 Å². The van der Waals surface area contributed by atoms with Crippen LogP contribution in [0.15, 0.2) is 0 Å². The van der Waals surface area contributed by atoms with Gasteiger partial charge in [0.25, 0.3) is 0 Å². The zero-order valence-corrected chi connectivity index (χ0v) is 12.2. The second kappa shape index (κ2) is 6.89. The van der Waals surface area contributed by atoms with Crippen molar-refractivity contribution in [3.63, 3.8) is 0 Å². The minimum Gasteiger partial charge on any atom is -0.463 e. The number of carbonyl (C=O) groups is 2. The lowest BCUT2D eigenvalue weighted by molar-refractivity contribution is -0.164. The lowest BCUT2D eigenvalue weighted by atomic mass is 10.0. The molecule has 0 aromatic carbocycles. The average molecular weight is 272 g/mol. The van der Waals surface area contributed by atoms with Crippen LogP contribution >= 0.6 is 0 Å². The molecule has 5 nitrogen and oxygen atoms in total. The monoisotopic (exact) mass is 272 g/mol. The van der Waals surface area contributed by atoms with Crippen LogP contribution in [-0.2, 0) is 23.8 Å². The maximum Gasteiger partial charge on any atom is 0.308 e. The summed E-state index contributed by atoms with van der Waals surface area (Å²) in [6.07, 6.45) is 2.69. The van der Waals surface area contributed by atoms with E-state index in [0.717, 1.165) is 19.3 Å². The third kappa shape index (κ3) is 7.15. The topological polar surface area (TPSA) is 61.8 Å². The Morgan fingerprint density at radius 1 is 1.21 bits per heavy atom. The van der Waals surface area contributed by atoms with Crippen LogP contribution < -0.4 is 0 Å². The van der Waals surface area contributed by atoms with Gasteiger partial charge >= 0.3 is 11.9 Å². The van der Waals surface area contributed by atoms with E-state index in [1.54, 1.807) is 0 Å². The zero-order valence-electron chi connectivity index (χ0n) is 12.2. The molecule has 0 aromatic heterocycles. The summed E-state index contributed by atoms with van der Waals surface area (Å²) in [5.74, 6) is -0.552. The standard InChI is InChI=1S/C14H24O5/c1-10(15)17-9-12-7-5-6-11(18-12)8-13(16)19-14(2,3)4/h11-12H,5-9H2,1-4H3. The molecule has 1 aliphatic heterocycles. The number of hydrogen-bond acceptors (Lipinski definition) is 5. The van der Waals surface area contributed by atoms with Gasteiger partial charge < -0.3 is 14.2 Å².